The van der Waals surface area contributed by atoms with Crippen LogP contribution in [0.25, 0.3) is 10.9 Å². The summed E-state index contributed by atoms with van der Waals surface area (Å²) in [4.78, 5) is 28.5. The van der Waals surface area contributed by atoms with E-state index in [9.17, 15) is 4.79 Å². The van der Waals surface area contributed by atoms with Crippen LogP contribution in [0, 0.1) is 0 Å². The van der Waals surface area contributed by atoms with Gasteiger partial charge in [-0.1, -0.05) is 12.1 Å². The first-order valence-electron chi connectivity index (χ1n) is 7.81. The Balaban J connectivity index is 1.53. The first kappa shape index (κ1) is 15.1. The second kappa shape index (κ2) is 6.24. The standard InChI is InChI=1S/C17H16BrN5O/c18-12-5-6-15(19-11-12)22-7-9-23(10-8-22)17-20-14-4-2-1-3-13(14)16(24)21-17/h1-6,11H,7-10H2,(H,20,21,24). The Hall–Kier alpha value is -2.41. The van der Waals surface area contributed by atoms with Gasteiger partial charge in [0.1, 0.15) is 5.82 Å². The number of nitrogens with zero attached hydrogens (tertiary/aromatic N) is 4. The molecule has 0 spiro atoms. The van der Waals surface area contributed by atoms with Gasteiger partial charge in [0.15, 0.2) is 0 Å². The number of halogens is 1. The highest BCUT2D eigenvalue weighted by atomic mass is 79.9. The summed E-state index contributed by atoms with van der Waals surface area (Å²) in [6.07, 6.45) is 1.81. The fourth-order valence-corrected chi connectivity index (χ4v) is 3.16. The Morgan fingerprint density at radius 3 is 2.50 bits per heavy atom. The van der Waals surface area contributed by atoms with Crippen LogP contribution in [0.2, 0.25) is 0 Å². The van der Waals surface area contributed by atoms with Gasteiger partial charge < -0.3 is 9.80 Å². The van der Waals surface area contributed by atoms with Crippen molar-refractivity contribution in [2.45, 2.75) is 0 Å². The molecule has 0 aliphatic carbocycles. The number of piperazine rings is 1. The van der Waals surface area contributed by atoms with E-state index in [4.69, 9.17) is 0 Å². The van der Waals surface area contributed by atoms with Crippen molar-refractivity contribution in [3.05, 3.63) is 57.4 Å². The topological polar surface area (TPSA) is 65.1 Å². The van der Waals surface area contributed by atoms with Crippen molar-refractivity contribution in [3.8, 4) is 0 Å². The third kappa shape index (κ3) is 2.87. The molecule has 1 aliphatic heterocycles. The van der Waals surface area contributed by atoms with Crippen LogP contribution in [0.4, 0.5) is 11.8 Å². The SMILES string of the molecule is O=c1[nH]c(N2CCN(c3ccc(Br)cn3)CC2)nc2ccccc12. The van der Waals surface area contributed by atoms with Crippen LogP contribution >= 0.6 is 15.9 Å². The number of aromatic amines is 1. The van der Waals surface area contributed by atoms with E-state index in [1.54, 1.807) is 6.07 Å². The zero-order valence-corrected chi connectivity index (χ0v) is 14.5. The number of fused-ring (bicyclic) bond motifs is 1. The van der Waals surface area contributed by atoms with Gasteiger partial charge in [0, 0.05) is 36.8 Å². The summed E-state index contributed by atoms with van der Waals surface area (Å²) < 4.78 is 0.975. The number of hydrogen-bond donors (Lipinski definition) is 1. The van der Waals surface area contributed by atoms with Gasteiger partial charge in [-0.15, -0.1) is 0 Å². The van der Waals surface area contributed by atoms with E-state index in [1.165, 1.54) is 0 Å². The average Bonchev–Trinajstić information content (AvgIpc) is 2.62. The highest BCUT2D eigenvalue weighted by molar-refractivity contribution is 9.10. The number of anilines is 2. The van der Waals surface area contributed by atoms with E-state index in [2.05, 4.69) is 40.7 Å². The molecule has 24 heavy (non-hydrogen) atoms. The molecule has 1 fully saturated rings. The predicted octanol–water partition coefficient (Wildman–Crippen LogP) is 2.41. The largest absolute Gasteiger partial charge is 0.353 e. The maximum Gasteiger partial charge on any atom is 0.260 e. The Kier molecular flexibility index (Phi) is 3.93. The summed E-state index contributed by atoms with van der Waals surface area (Å²) in [6, 6.07) is 11.4. The number of para-hydroxylation sites is 1. The molecule has 6 nitrogen and oxygen atoms in total. The van der Waals surface area contributed by atoms with E-state index in [0.717, 1.165) is 42.0 Å². The molecule has 0 atom stereocenters. The molecule has 0 saturated carbocycles. The van der Waals surface area contributed by atoms with Crippen LogP contribution in [0.1, 0.15) is 0 Å². The summed E-state index contributed by atoms with van der Waals surface area (Å²) in [5.41, 5.74) is 0.640. The quantitative estimate of drug-likeness (QED) is 0.733. The lowest BCUT2D eigenvalue weighted by Gasteiger charge is -2.35. The summed E-state index contributed by atoms with van der Waals surface area (Å²) in [5, 5.41) is 0.624. The average molecular weight is 386 g/mol. The number of pyridine rings is 1. The summed E-state index contributed by atoms with van der Waals surface area (Å²) >= 11 is 3.40. The smallest absolute Gasteiger partial charge is 0.260 e. The first-order valence-corrected chi connectivity index (χ1v) is 8.60. The monoisotopic (exact) mass is 385 g/mol. The molecule has 2 aromatic heterocycles. The minimum absolute atomic E-state index is 0.0902. The first-order chi connectivity index (χ1) is 11.7. The molecule has 3 aromatic rings. The maximum atomic E-state index is 12.2. The van der Waals surface area contributed by atoms with Crippen molar-refractivity contribution in [2.75, 3.05) is 36.0 Å². The second-order valence-corrected chi connectivity index (χ2v) is 6.63. The van der Waals surface area contributed by atoms with Crippen molar-refractivity contribution >= 4 is 38.6 Å². The lowest BCUT2D eigenvalue weighted by Crippen LogP contribution is -2.47. The third-order valence-corrected chi connectivity index (χ3v) is 4.68. The molecule has 4 rings (SSSR count). The van der Waals surface area contributed by atoms with Crippen LogP contribution in [-0.2, 0) is 0 Å². The lowest BCUT2D eigenvalue weighted by atomic mass is 10.2. The van der Waals surface area contributed by atoms with Gasteiger partial charge >= 0.3 is 0 Å². The molecule has 0 bridgehead atoms. The van der Waals surface area contributed by atoms with E-state index in [0.29, 0.717) is 11.3 Å². The molecule has 1 aliphatic rings. The van der Waals surface area contributed by atoms with Gasteiger partial charge in [0.25, 0.3) is 5.56 Å². The number of H-pyrrole nitrogens is 1. The lowest BCUT2D eigenvalue weighted by molar-refractivity contribution is 0.635. The molecular formula is C17H16BrN5O. The Bertz CT molecular complexity index is 916. The highest BCUT2D eigenvalue weighted by Gasteiger charge is 2.20. The van der Waals surface area contributed by atoms with Crippen LogP contribution < -0.4 is 15.4 Å². The van der Waals surface area contributed by atoms with Crippen molar-refractivity contribution in [1.82, 2.24) is 15.0 Å². The van der Waals surface area contributed by atoms with Gasteiger partial charge in [0.05, 0.1) is 10.9 Å². The van der Waals surface area contributed by atoms with Crippen LogP contribution in [0.3, 0.4) is 0 Å². The van der Waals surface area contributed by atoms with Gasteiger partial charge in [0.2, 0.25) is 5.95 Å². The van der Waals surface area contributed by atoms with Gasteiger partial charge in [-0.3, -0.25) is 9.78 Å². The number of benzene rings is 1. The summed E-state index contributed by atoms with van der Waals surface area (Å²) in [7, 11) is 0. The predicted molar refractivity (Wildman–Crippen MR) is 98.7 cm³/mol. The number of hydrogen-bond acceptors (Lipinski definition) is 5. The van der Waals surface area contributed by atoms with E-state index < -0.39 is 0 Å². The van der Waals surface area contributed by atoms with Gasteiger partial charge in [-0.25, -0.2) is 9.97 Å². The molecule has 1 N–H and O–H groups in total. The molecular weight excluding hydrogens is 370 g/mol. The summed E-state index contributed by atoms with van der Waals surface area (Å²) in [5.74, 6) is 1.61. The van der Waals surface area contributed by atoms with Gasteiger partial charge in [-0.2, -0.15) is 0 Å². The molecule has 0 radical (unpaired) electrons. The van der Waals surface area contributed by atoms with Crippen LogP contribution in [0.5, 0.6) is 0 Å². The minimum Gasteiger partial charge on any atom is -0.353 e. The zero-order chi connectivity index (χ0) is 16.5. The molecule has 1 aromatic carbocycles. The zero-order valence-electron chi connectivity index (χ0n) is 12.9. The van der Waals surface area contributed by atoms with Crippen molar-refractivity contribution < 1.29 is 0 Å². The summed E-state index contributed by atoms with van der Waals surface area (Å²) in [6.45, 7) is 3.26. The molecule has 122 valence electrons. The molecule has 7 heteroatoms. The van der Waals surface area contributed by atoms with Crippen molar-refractivity contribution in [2.24, 2.45) is 0 Å². The Morgan fingerprint density at radius 1 is 1.00 bits per heavy atom. The number of nitrogens with one attached hydrogen (secondary N) is 1. The molecule has 3 heterocycles. The van der Waals surface area contributed by atoms with E-state index in [1.807, 2.05) is 36.5 Å². The second-order valence-electron chi connectivity index (χ2n) is 5.72. The Labute approximate surface area is 147 Å². The van der Waals surface area contributed by atoms with Crippen molar-refractivity contribution in [3.63, 3.8) is 0 Å². The molecule has 0 unspecified atom stereocenters. The molecule has 1 saturated heterocycles. The number of aromatic nitrogens is 3. The third-order valence-electron chi connectivity index (χ3n) is 4.22. The van der Waals surface area contributed by atoms with Crippen molar-refractivity contribution in [1.29, 1.82) is 0 Å². The maximum absolute atomic E-state index is 12.2. The highest BCUT2D eigenvalue weighted by Crippen LogP contribution is 2.18. The Morgan fingerprint density at radius 2 is 1.75 bits per heavy atom. The minimum atomic E-state index is -0.0902. The van der Waals surface area contributed by atoms with Gasteiger partial charge in [-0.05, 0) is 40.2 Å². The number of rotatable bonds is 2. The van der Waals surface area contributed by atoms with E-state index in [-0.39, 0.29) is 5.56 Å². The molecule has 0 amide bonds. The fraction of sp³-hybridized carbons (Fsp3) is 0.235. The normalized spacial score (nSPS) is 15.0. The van der Waals surface area contributed by atoms with E-state index >= 15 is 0 Å². The van der Waals surface area contributed by atoms with Crippen LogP contribution in [0.15, 0.2) is 51.9 Å². The van der Waals surface area contributed by atoms with Crippen LogP contribution in [-0.4, -0.2) is 41.1 Å². The fourth-order valence-electron chi connectivity index (χ4n) is 2.93.